The molecular formula is C13H10F4N2O2S. The summed E-state index contributed by atoms with van der Waals surface area (Å²) in [6.07, 6.45) is -2.49. The molecule has 0 N–H and O–H groups in total. The van der Waals surface area contributed by atoms with E-state index in [2.05, 4.69) is 4.98 Å². The van der Waals surface area contributed by atoms with Gasteiger partial charge in [-0.15, -0.1) is 0 Å². The molecule has 9 heteroatoms. The third kappa shape index (κ3) is 3.53. The fourth-order valence-corrected chi connectivity index (χ4v) is 3.28. The van der Waals surface area contributed by atoms with Gasteiger partial charge in [-0.05, 0) is 24.3 Å². The molecule has 0 fully saturated rings. The summed E-state index contributed by atoms with van der Waals surface area (Å²) < 4.78 is 76.8. The Hall–Kier alpha value is -2.16. The highest BCUT2D eigenvalue weighted by Crippen LogP contribution is 2.28. The maximum Gasteiger partial charge on any atom is 0.407 e. The number of aromatic nitrogens is 1. The van der Waals surface area contributed by atoms with Gasteiger partial charge in [-0.25, -0.2) is 12.8 Å². The SMILES string of the molecule is O=S(=O)(c1ccccc1F)N(CC(F)(F)F)c1ccncc1. The first-order valence-corrected chi connectivity index (χ1v) is 7.40. The number of hydrogen-bond acceptors (Lipinski definition) is 3. The summed E-state index contributed by atoms with van der Waals surface area (Å²) in [6.45, 7) is -1.77. The van der Waals surface area contributed by atoms with Gasteiger partial charge in [0, 0.05) is 12.4 Å². The van der Waals surface area contributed by atoms with Crippen molar-refractivity contribution < 1.29 is 26.0 Å². The molecule has 0 aliphatic rings. The van der Waals surface area contributed by atoms with Crippen LogP contribution in [0.25, 0.3) is 0 Å². The second-order valence-corrected chi connectivity index (χ2v) is 6.09. The average Bonchev–Trinajstić information content (AvgIpc) is 2.45. The van der Waals surface area contributed by atoms with Gasteiger partial charge in [-0.1, -0.05) is 12.1 Å². The Kier molecular flexibility index (Phi) is 4.36. The van der Waals surface area contributed by atoms with E-state index < -0.39 is 33.5 Å². The van der Waals surface area contributed by atoms with Crippen LogP contribution in [-0.2, 0) is 10.0 Å². The van der Waals surface area contributed by atoms with Gasteiger partial charge in [-0.2, -0.15) is 13.2 Å². The van der Waals surface area contributed by atoms with Crippen molar-refractivity contribution in [1.82, 2.24) is 4.98 Å². The highest BCUT2D eigenvalue weighted by molar-refractivity contribution is 7.92. The molecule has 0 amide bonds. The molecular weight excluding hydrogens is 324 g/mol. The van der Waals surface area contributed by atoms with Crippen LogP contribution >= 0.6 is 0 Å². The van der Waals surface area contributed by atoms with E-state index in [0.29, 0.717) is 0 Å². The predicted molar refractivity (Wildman–Crippen MR) is 71.2 cm³/mol. The second kappa shape index (κ2) is 5.91. The van der Waals surface area contributed by atoms with Gasteiger partial charge in [0.25, 0.3) is 10.0 Å². The first-order valence-electron chi connectivity index (χ1n) is 5.96. The zero-order valence-corrected chi connectivity index (χ0v) is 11.8. The number of alkyl halides is 3. The van der Waals surface area contributed by atoms with Crippen LogP contribution in [0.2, 0.25) is 0 Å². The largest absolute Gasteiger partial charge is 0.407 e. The lowest BCUT2D eigenvalue weighted by molar-refractivity contribution is -0.117. The maximum atomic E-state index is 13.7. The molecule has 0 aliphatic carbocycles. The van der Waals surface area contributed by atoms with Crippen LogP contribution in [0.5, 0.6) is 0 Å². The number of halogens is 4. The van der Waals surface area contributed by atoms with Crippen molar-refractivity contribution >= 4 is 15.7 Å². The Bertz CT molecular complexity index is 748. The van der Waals surface area contributed by atoms with E-state index in [-0.39, 0.29) is 9.99 Å². The van der Waals surface area contributed by atoms with Gasteiger partial charge >= 0.3 is 6.18 Å². The number of benzene rings is 1. The Labute approximate surface area is 124 Å². The number of sulfonamides is 1. The van der Waals surface area contributed by atoms with Gasteiger partial charge in [-0.3, -0.25) is 9.29 Å². The number of rotatable bonds is 4. The van der Waals surface area contributed by atoms with E-state index in [9.17, 15) is 26.0 Å². The zero-order chi connectivity index (χ0) is 16.4. The molecule has 1 heterocycles. The molecule has 0 bridgehead atoms. The molecule has 1 aromatic heterocycles. The van der Waals surface area contributed by atoms with Crippen LogP contribution in [-0.4, -0.2) is 26.1 Å². The number of pyridine rings is 1. The minimum atomic E-state index is -4.79. The van der Waals surface area contributed by atoms with Crippen molar-refractivity contribution in [3.05, 3.63) is 54.6 Å². The summed E-state index contributed by atoms with van der Waals surface area (Å²) in [4.78, 5) is 2.80. The van der Waals surface area contributed by atoms with Gasteiger partial charge in [0.1, 0.15) is 17.3 Å². The molecule has 0 saturated carbocycles. The Morgan fingerprint density at radius 1 is 1.05 bits per heavy atom. The van der Waals surface area contributed by atoms with Gasteiger partial charge < -0.3 is 0 Å². The molecule has 0 atom stereocenters. The van der Waals surface area contributed by atoms with Crippen LogP contribution in [0, 0.1) is 5.82 Å². The highest BCUT2D eigenvalue weighted by atomic mass is 32.2. The number of anilines is 1. The van der Waals surface area contributed by atoms with Gasteiger partial charge in [0.15, 0.2) is 0 Å². The second-order valence-electron chi connectivity index (χ2n) is 4.26. The smallest absolute Gasteiger partial charge is 0.265 e. The quantitative estimate of drug-likeness (QED) is 0.808. The Morgan fingerprint density at radius 2 is 1.64 bits per heavy atom. The third-order valence-corrected chi connectivity index (χ3v) is 4.49. The lowest BCUT2D eigenvalue weighted by Gasteiger charge is -2.25. The maximum absolute atomic E-state index is 13.7. The van der Waals surface area contributed by atoms with Crippen molar-refractivity contribution in [2.45, 2.75) is 11.1 Å². The Morgan fingerprint density at radius 3 is 2.18 bits per heavy atom. The zero-order valence-electron chi connectivity index (χ0n) is 11.0. The highest BCUT2D eigenvalue weighted by Gasteiger charge is 2.38. The molecule has 0 radical (unpaired) electrons. The van der Waals surface area contributed by atoms with E-state index in [1.807, 2.05) is 0 Å². The monoisotopic (exact) mass is 334 g/mol. The molecule has 0 saturated heterocycles. The average molecular weight is 334 g/mol. The summed E-state index contributed by atoms with van der Waals surface area (Å²) in [7, 11) is -4.71. The van der Waals surface area contributed by atoms with Crippen LogP contribution in [0.4, 0.5) is 23.2 Å². The van der Waals surface area contributed by atoms with E-state index in [1.165, 1.54) is 12.1 Å². The first kappa shape index (κ1) is 16.2. The summed E-state index contributed by atoms with van der Waals surface area (Å²) >= 11 is 0. The van der Waals surface area contributed by atoms with E-state index >= 15 is 0 Å². The lowest BCUT2D eigenvalue weighted by atomic mass is 10.3. The molecule has 1 aromatic carbocycles. The molecule has 118 valence electrons. The van der Waals surface area contributed by atoms with Crippen molar-refractivity contribution in [1.29, 1.82) is 0 Å². The van der Waals surface area contributed by atoms with Gasteiger partial charge in [0.2, 0.25) is 0 Å². The van der Waals surface area contributed by atoms with Crippen molar-refractivity contribution in [2.24, 2.45) is 0 Å². The minimum Gasteiger partial charge on any atom is -0.265 e. The van der Waals surface area contributed by atoms with E-state index in [0.717, 1.165) is 36.7 Å². The van der Waals surface area contributed by atoms with Gasteiger partial charge in [0.05, 0.1) is 5.69 Å². The topological polar surface area (TPSA) is 50.3 Å². The number of hydrogen-bond donors (Lipinski definition) is 0. The summed E-state index contributed by atoms with van der Waals surface area (Å²) in [5.74, 6) is -1.12. The molecule has 4 nitrogen and oxygen atoms in total. The molecule has 0 spiro atoms. The number of nitrogens with zero attached hydrogens (tertiary/aromatic N) is 2. The van der Waals surface area contributed by atoms with Crippen molar-refractivity contribution in [3.8, 4) is 0 Å². The van der Waals surface area contributed by atoms with Crippen molar-refractivity contribution in [3.63, 3.8) is 0 Å². The normalized spacial score (nSPS) is 12.2. The molecule has 2 rings (SSSR count). The third-order valence-electron chi connectivity index (χ3n) is 2.68. The molecule has 2 aromatic rings. The minimum absolute atomic E-state index is 0.104. The fourth-order valence-electron chi connectivity index (χ4n) is 1.76. The molecule has 0 aliphatic heterocycles. The van der Waals surface area contributed by atoms with Crippen LogP contribution in [0.1, 0.15) is 0 Å². The summed E-state index contributed by atoms with van der Waals surface area (Å²) in [5.41, 5.74) is -0.254. The van der Waals surface area contributed by atoms with Crippen LogP contribution in [0.15, 0.2) is 53.7 Å². The fraction of sp³-hybridized carbons (Fsp3) is 0.154. The van der Waals surface area contributed by atoms with E-state index in [1.54, 1.807) is 0 Å². The summed E-state index contributed by atoms with van der Waals surface area (Å²) in [5, 5.41) is 0. The lowest BCUT2D eigenvalue weighted by Crippen LogP contribution is -2.39. The Balaban J connectivity index is 2.56. The van der Waals surface area contributed by atoms with Crippen LogP contribution < -0.4 is 4.31 Å². The first-order chi connectivity index (χ1) is 10.2. The van der Waals surface area contributed by atoms with Crippen molar-refractivity contribution in [2.75, 3.05) is 10.8 Å². The summed E-state index contributed by atoms with van der Waals surface area (Å²) in [6, 6.07) is 6.46. The molecule has 0 unspecified atom stereocenters. The molecule has 22 heavy (non-hydrogen) atoms. The van der Waals surface area contributed by atoms with E-state index in [4.69, 9.17) is 0 Å². The predicted octanol–water partition coefficient (Wildman–Crippen LogP) is 2.98. The van der Waals surface area contributed by atoms with Crippen LogP contribution in [0.3, 0.4) is 0 Å². The standard InChI is InChI=1S/C13H10F4N2O2S/c14-11-3-1-2-4-12(11)22(20,21)19(9-13(15,16)17)10-5-7-18-8-6-10/h1-8H,9H2.